The second-order valence-electron chi connectivity index (χ2n) is 2.00. The fraction of sp³-hybridized carbons (Fsp3) is 0.800. The highest BCUT2D eigenvalue weighted by Crippen LogP contribution is 2.26. The number of aliphatic hydroxyl groups is 1. The van der Waals surface area contributed by atoms with Crippen molar-refractivity contribution in [2.75, 3.05) is 13.2 Å². The molecular weight excluding hydrogens is 108 g/mol. The first-order valence-corrected chi connectivity index (χ1v) is 2.47. The Kier molecular flexibility index (Phi) is 1.10. The maximum Gasteiger partial charge on any atom is 0.172 e. The zero-order valence-electron chi connectivity index (χ0n) is 4.68. The fourth-order valence-electron chi connectivity index (χ4n) is 0.493. The molecule has 3 heteroatoms. The summed E-state index contributed by atoms with van der Waals surface area (Å²) in [5.74, 6) is -0.0833. The van der Waals surface area contributed by atoms with Gasteiger partial charge in [-0.2, -0.15) is 0 Å². The van der Waals surface area contributed by atoms with Crippen molar-refractivity contribution in [2.45, 2.75) is 12.5 Å². The molecule has 46 valence electrons. The maximum absolute atomic E-state index is 10.5. The molecule has 0 aromatic carbocycles. The highest BCUT2D eigenvalue weighted by molar-refractivity contribution is 5.87. The van der Waals surface area contributed by atoms with Gasteiger partial charge in [0.1, 0.15) is 0 Å². The van der Waals surface area contributed by atoms with Crippen molar-refractivity contribution in [1.82, 2.24) is 0 Å². The molecule has 1 aliphatic rings. The van der Waals surface area contributed by atoms with Gasteiger partial charge in [-0.1, -0.05) is 0 Å². The predicted molar refractivity (Wildman–Crippen MR) is 26.4 cm³/mol. The molecular formula is C5H8O3. The molecule has 1 unspecified atom stereocenters. The van der Waals surface area contributed by atoms with Crippen molar-refractivity contribution in [2.24, 2.45) is 0 Å². The van der Waals surface area contributed by atoms with E-state index < -0.39 is 5.60 Å². The molecule has 1 atom stereocenters. The van der Waals surface area contributed by atoms with E-state index in [9.17, 15) is 4.79 Å². The Morgan fingerprint density at radius 3 is 2.50 bits per heavy atom. The van der Waals surface area contributed by atoms with Gasteiger partial charge in [-0.25, -0.2) is 0 Å². The van der Waals surface area contributed by atoms with Crippen LogP contribution in [0.2, 0.25) is 0 Å². The first kappa shape index (κ1) is 5.72. The lowest BCUT2D eigenvalue weighted by Crippen LogP contribution is -2.25. The van der Waals surface area contributed by atoms with Gasteiger partial charge < -0.3 is 9.84 Å². The third kappa shape index (κ3) is 0.638. The zero-order chi connectivity index (χ0) is 6.20. The zero-order valence-corrected chi connectivity index (χ0v) is 4.68. The molecule has 0 aromatic rings. The molecule has 3 nitrogen and oxygen atoms in total. The fourth-order valence-corrected chi connectivity index (χ4v) is 0.493. The molecule has 0 spiro atoms. The Bertz CT molecular complexity index is 115. The highest BCUT2D eigenvalue weighted by Gasteiger charge is 2.48. The van der Waals surface area contributed by atoms with E-state index in [0.717, 1.165) is 0 Å². The van der Waals surface area contributed by atoms with Gasteiger partial charge in [0.2, 0.25) is 0 Å². The summed E-state index contributed by atoms with van der Waals surface area (Å²) >= 11 is 0. The van der Waals surface area contributed by atoms with Crippen LogP contribution < -0.4 is 0 Å². The smallest absolute Gasteiger partial charge is 0.172 e. The molecule has 0 aromatic heterocycles. The Balaban J connectivity index is 2.53. The minimum Gasteiger partial charge on any atom is -0.393 e. The van der Waals surface area contributed by atoms with Crippen LogP contribution in [0.4, 0.5) is 0 Å². The molecule has 0 amide bonds. The number of aliphatic hydroxyl groups excluding tert-OH is 1. The topological polar surface area (TPSA) is 49.8 Å². The number of ketones is 1. The van der Waals surface area contributed by atoms with Crippen LogP contribution in [0.1, 0.15) is 6.92 Å². The Hall–Kier alpha value is -0.410. The third-order valence-electron chi connectivity index (χ3n) is 1.39. The molecule has 1 aliphatic heterocycles. The Morgan fingerprint density at radius 1 is 2.00 bits per heavy atom. The number of epoxide rings is 1. The van der Waals surface area contributed by atoms with E-state index in [1.165, 1.54) is 6.92 Å². The molecule has 0 radical (unpaired) electrons. The van der Waals surface area contributed by atoms with Crippen LogP contribution in [-0.2, 0) is 9.53 Å². The van der Waals surface area contributed by atoms with Gasteiger partial charge in [0.15, 0.2) is 11.4 Å². The van der Waals surface area contributed by atoms with Gasteiger partial charge in [-0.15, -0.1) is 0 Å². The standard InChI is InChI=1S/C5H8O3/c1-4(7)5(2-6)3-8-5/h6H,2-3H2,1H3. The average molecular weight is 116 g/mol. The summed E-state index contributed by atoms with van der Waals surface area (Å²) in [6.07, 6.45) is 0. The maximum atomic E-state index is 10.5. The van der Waals surface area contributed by atoms with E-state index in [2.05, 4.69) is 0 Å². The number of hydrogen-bond acceptors (Lipinski definition) is 3. The lowest BCUT2D eigenvalue weighted by Gasteiger charge is -1.98. The predicted octanol–water partition coefficient (Wildman–Crippen LogP) is -0.663. The van der Waals surface area contributed by atoms with E-state index in [4.69, 9.17) is 9.84 Å². The molecule has 1 fully saturated rings. The second-order valence-corrected chi connectivity index (χ2v) is 2.00. The van der Waals surface area contributed by atoms with Crippen LogP contribution in [0.25, 0.3) is 0 Å². The monoisotopic (exact) mass is 116 g/mol. The highest BCUT2D eigenvalue weighted by atomic mass is 16.6. The summed E-state index contributed by atoms with van der Waals surface area (Å²) in [5, 5.41) is 8.48. The van der Waals surface area contributed by atoms with Crippen LogP contribution >= 0.6 is 0 Å². The summed E-state index contributed by atoms with van der Waals surface area (Å²) in [6.45, 7) is 1.63. The summed E-state index contributed by atoms with van der Waals surface area (Å²) in [6, 6.07) is 0. The van der Waals surface area contributed by atoms with Crippen LogP contribution in [0, 0.1) is 0 Å². The molecule has 1 N–H and O–H groups in total. The first-order chi connectivity index (χ1) is 3.71. The number of rotatable bonds is 2. The van der Waals surface area contributed by atoms with Crippen LogP contribution in [-0.4, -0.2) is 29.7 Å². The van der Waals surface area contributed by atoms with Gasteiger partial charge in [0.05, 0.1) is 13.2 Å². The first-order valence-electron chi connectivity index (χ1n) is 2.47. The Morgan fingerprint density at radius 2 is 2.50 bits per heavy atom. The van der Waals surface area contributed by atoms with Gasteiger partial charge >= 0.3 is 0 Å². The van der Waals surface area contributed by atoms with E-state index >= 15 is 0 Å². The van der Waals surface area contributed by atoms with Gasteiger partial charge in [-0.05, 0) is 6.92 Å². The molecule has 0 bridgehead atoms. The average Bonchev–Trinajstić information content (AvgIpc) is 2.44. The summed E-state index contributed by atoms with van der Waals surface area (Å²) in [4.78, 5) is 10.5. The normalized spacial score (nSPS) is 34.8. The molecule has 1 heterocycles. The van der Waals surface area contributed by atoms with Crippen molar-refractivity contribution < 1.29 is 14.6 Å². The van der Waals surface area contributed by atoms with Crippen molar-refractivity contribution in [3.05, 3.63) is 0 Å². The van der Waals surface area contributed by atoms with Crippen LogP contribution in [0.5, 0.6) is 0 Å². The van der Waals surface area contributed by atoms with E-state index in [-0.39, 0.29) is 12.4 Å². The summed E-state index contributed by atoms with van der Waals surface area (Å²) in [7, 11) is 0. The van der Waals surface area contributed by atoms with Crippen molar-refractivity contribution in [3.8, 4) is 0 Å². The molecule has 1 rings (SSSR count). The second kappa shape index (κ2) is 1.53. The number of carbonyl (C=O) groups is 1. The number of carbonyl (C=O) groups excluding carboxylic acids is 1. The molecule has 0 saturated carbocycles. The Labute approximate surface area is 47.3 Å². The largest absolute Gasteiger partial charge is 0.393 e. The van der Waals surface area contributed by atoms with E-state index in [0.29, 0.717) is 6.61 Å². The van der Waals surface area contributed by atoms with E-state index in [1.54, 1.807) is 0 Å². The SMILES string of the molecule is CC(=O)C1(CO)CO1. The summed E-state index contributed by atoms with van der Waals surface area (Å²) in [5.41, 5.74) is -0.792. The van der Waals surface area contributed by atoms with Gasteiger partial charge in [0.25, 0.3) is 0 Å². The quantitative estimate of drug-likeness (QED) is 0.487. The van der Waals surface area contributed by atoms with Crippen molar-refractivity contribution in [1.29, 1.82) is 0 Å². The lowest BCUT2D eigenvalue weighted by molar-refractivity contribution is -0.123. The number of ether oxygens (including phenoxy) is 1. The van der Waals surface area contributed by atoms with Crippen LogP contribution in [0.15, 0.2) is 0 Å². The van der Waals surface area contributed by atoms with Gasteiger partial charge in [-0.3, -0.25) is 4.79 Å². The number of hydrogen-bond donors (Lipinski definition) is 1. The minimum absolute atomic E-state index is 0.0833. The van der Waals surface area contributed by atoms with Crippen LogP contribution in [0.3, 0.4) is 0 Å². The molecule has 1 saturated heterocycles. The van der Waals surface area contributed by atoms with Crippen molar-refractivity contribution in [3.63, 3.8) is 0 Å². The molecule has 8 heavy (non-hydrogen) atoms. The minimum atomic E-state index is -0.792. The van der Waals surface area contributed by atoms with Crippen molar-refractivity contribution >= 4 is 5.78 Å². The molecule has 0 aliphatic carbocycles. The number of Topliss-reactive ketones (excluding diaryl/α,β-unsaturated/α-hetero) is 1. The van der Waals surface area contributed by atoms with Gasteiger partial charge in [0, 0.05) is 0 Å². The third-order valence-corrected chi connectivity index (χ3v) is 1.39. The lowest BCUT2D eigenvalue weighted by atomic mass is 10.1. The van der Waals surface area contributed by atoms with E-state index in [1.807, 2.05) is 0 Å². The summed E-state index contributed by atoms with van der Waals surface area (Å²) < 4.78 is 4.71.